The molecule has 7 nitrogen and oxygen atoms in total. The van der Waals surface area contributed by atoms with E-state index in [-0.39, 0.29) is 17.5 Å². The number of H-pyrrole nitrogens is 1. The average molecular weight is 343 g/mol. The number of pyridine rings is 1. The van der Waals surface area contributed by atoms with Crippen molar-refractivity contribution in [1.29, 1.82) is 0 Å². The maximum atomic E-state index is 12.2. The van der Waals surface area contributed by atoms with E-state index in [0.29, 0.717) is 16.3 Å². The summed E-state index contributed by atoms with van der Waals surface area (Å²) in [6.45, 7) is 5.83. The van der Waals surface area contributed by atoms with Crippen molar-refractivity contribution in [3.05, 3.63) is 45.3 Å². The molecule has 0 saturated carbocycles. The van der Waals surface area contributed by atoms with Crippen LogP contribution in [0.2, 0.25) is 0 Å². The fourth-order valence-corrected chi connectivity index (χ4v) is 2.95. The molecule has 0 aliphatic rings. The predicted octanol–water partition coefficient (Wildman–Crippen LogP) is 2.72. The van der Waals surface area contributed by atoms with Crippen LogP contribution in [-0.2, 0) is 4.79 Å². The minimum absolute atomic E-state index is 0.145. The van der Waals surface area contributed by atoms with Gasteiger partial charge in [-0.15, -0.1) is 11.3 Å². The van der Waals surface area contributed by atoms with Gasteiger partial charge in [0.05, 0.1) is 11.9 Å². The molecule has 3 aromatic rings. The summed E-state index contributed by atoms with van der Waals surface area (Å²) in [6, 6.07) is 1.87. The van der Waals surface area contributed by atoms with Crippen molar-refractivity contribution in [2.24, 2.45) is 0 Å². The van der Waals surface area contributed by atoms with Crippen LogP contribution < -0.4 is 10.9 Å². The number of anilines is 1. The molecular formula is C16H17N5O2S. The molecule has 0 atom stereocenters. The number of thiazole rings is 1. The number of aryl methyl sites for hydroxylation is 1. The Hall–Kier alpha value is -2.74. The van der Waals surface area contributed by atoms with Gasteiger partial charge in [0, 0.05) is 28.4 Å². The van der Waals surface area contributed by atoms with Crippen LogP contribution in [0, 0.1) is 6.92 Å². The summed E-state index contributed by atoms with van der Waals surface area (Å²) in [5.74, 6) is -0.332. The fourth-order valence-electron chi connectivity index (χ4n) is 2.26. The Morgan fingerprint density at radius 2 is 2.25 bits per heavy atom. The molecule has 0 aromatic carbocycles. The van der Waals surface area contributed by atoms with Gasteiger partial charge in [-0.1, -0.05) is 0 Å². The highest BCUT2D eigenvalue weighted by molar-refractivity contribution is 7.13. The van der Waals surface area contributed by atoms with Crippen molar-refractivity contribution in [2.45, 2.75) is 26.8 Å². The first-order valence-corrected chi connectivity index (χ1v) is 8.34. The number of nitrogens with zero attached hydrogens (tertiary/aromatic N) is 3. The number of rotatable bonds is 4. The van der Waals surface area contributed by atoms with Gasteiger partial charge in [-0.2, -0.15) is 5.10 Å². The molecule has 0 unspecified atom stereocenters. The standard InChI is InChI=1S/C16H17N5O2S/c1-9(2)21-14-12(7-17-21)6-11(15(23)20-14)4-5-13(22)19-16-18-10(3)8-24-16/h4-9H,1-3H3,(H,20,23)(H,18,19,22)/b5-4+. The molecule has 8 heteroatoms. The zero-order valence-corrected chi connectivity index (χ0v) is 14.3. The number of aromatic nitrogens is 4. The Morgan fingerprint density at radius 1 is 1.46 bits per heavy atom. The fraction of sp³-hybridized carbons (Fsp3) is 0.250. The second-order valence-electron chi connectivity index (χ2n) is 5.66. The van der Waals surface area contributed by atoms with Gasteiger partial charge in [-0.3, -0.25) is 14.9 Å². The van der Waals surface area contributed by atoms with Crippen LogP contribution in [0.3, 0.4) is 0 Å². The summed E-state index contributed by atoms with van der Waals surface area (Å²) in [5, 5.41) is 10.1. The third kappa shape index (κ3) is 3.28. The van der Waals surface area contributed by atoms with Crippen LogP contribution in [0.25, 0.3) is 17.1 Å². The maximum absolute atomic E-state index is 12.2. The Kier molecular flexibility index (Phi) is 4.30. The zero-order chi connectivity index (χ0) is 17.3. The Bertz CT molecular complexity index is 980. The molecule has 2 N–H and O–H groups in total. The molecule has 1 amide bonds. The van der Waals surface area contributed by atoms with Gasteiger partial charge in [0.1, 0.15) is 5.65 Å². The lowest BCUT2D eigenvalue weighted by Gasteiger charge is -2.06. The largest absolute Gasteiger partial charge is 0.306 e. The van der Waals surface area contributed by atoms with Gasteiger partial charge in [0.2, 0.25) is 5.91 Å². The average Bonchev–Trinajstić information content (AvgIpc) is 3.10. The monoisotopic (exact) mass is 343 g/mol. The van der Waals surface area contributed by atoms with Gasteiger partial charge in [0.25, 0.3) is 5.56 Å². The van der Waals surface area contributed by atoms with Crippen LogP contribution in [0.4, 0.5) is 5.13 Å². The lowest BCUT2D eigenvalue weighted by Crippen LogP contribution is -2.13. The van der Waals surface area contributed by atoms with Crippen LogP contribution in [0.15, 0.2) is 28.5 Å². The summed E-state index contributed by atoms with van der Waals surface area (Å²) in [7, 11) is 0. The SMILES string of the molecule is Cc1csc(NC(=O)/C=C/c2cc3cnn(C(C)C)c3[nH]c2=O)n1. The van der Waals surface area contributed by atoms with Crippen molar-refractivity contribution in [3.8, 4) is 0 Å². The van der Waals surface area contributed by atoms with Gasteiger partial charge in [0.15, 0.2) is 5.13 Å². The highest BCUT2D eigenvalue weighted by Gasteiger charge is 2.09. The van der Waals surface area contributed by atoms with E-state index in [0.717, 1.165) is 11.1 Å². The summed E-state index contributed by atoms with van der Waals surface area (Å²) >= 11 is 1.35. The second kappa shape index (κ2) is 6.40. The number of hydrogen-bond donors (Lipinski definition) is 2. The number of amides is 1. The molecule has 0 aliphatic carbocycles. The number of aromatic amines is 1. The number of carbonyl (C=O) groups excluding carboxylic acids is 1. The Balaban J connectivity index is 1.83. The number of nitrogens with one attached hydrogen (secondary N) is 2. The van der Waals surface area contributed by atoms with Crippen molar-refractivity contribution in [2.75, 3.05) is 5.32 Å². The van der Waals surface area contributed by atoms with Gasteiger partial charge < -0.3 is 4.98 Å². The van der Waals surface area contributed by atoms with Crippen LogP contribution >= 0.6 is 11.3 Å². The molecular weight excluding hydrogens is 326 g/mol. The van der Waals surface area contributed by atoms with E-state index in [4.69, 9.17) is 0 Å². The minimum Gasteiger partial charge on any atom is -0.306 e. The number of carbonyl (C=O) groups is 1. The summed E-state index contributed by atoms with van der Waals surface area (Å²) in [4.78, 5) is 31.1. The third-order valence-corrected chi connectivity index (χ3v) is 4.26. The van der Waals surface area contributed by atoms with Crippen molar-refractivity contribution >= 4 is 39.5 Å². The Labute approximate surface area is 142 Å². The normalized spacial score (nSPS) is 11.7. The first kappa shape index (κ1) is 16.1. The van der Waals surface area contributed by atoms with Crippen molar-refractivity contribution < 1.29 is 4.79 Å². The van der Waals surface area contributed by atoms with Gasteiger partial charge >= 0.3 is 0 Å². The Morgan fingerprint density at radius 3 is 2.92 bits per heavy atom. The van der Waals surface area contributed by atoms with E-state index < -0.39 is 0 Å². The lowest BCUT2D eigenvalue weighted by molar-refractivity contribution is -0.111. The summed E-state index contributed by atoms with van der Waals surface area (Å²) < 4.78 is 1.75. The minimum atomic E-state index is -0.332. The van der Waals surface area contributed by atoms with E-state index in [1.54, 1.807) is 16.9 Å². The maximum Gasteiger partial charge on any atom is 0.256 e. The first-order chi connectivity index (χ1) is 11.4. The smallest absolute Gasteiger partial charge is 0.256 e. The quantitative estimate of drug-likeness (QED) is 0.712. The van der Waals surface area contributed by atoms with Crippen LogP contribution in [0.1, 0.15) is 31.1 Å². The topological polar surface area (TPSA) is 92.7 Å². The molecule has 0 radical (unpaired) electrons. The molecule has 3 aromatic heterocycles. The number of fused-ring (bicyclic) bond motifs is 1. The van der Waals surface area contributed by atoms with Crippen molar-refractivity contribution in [1.82, 2.24) is 19.7 Å². The molecule has 0 saturated heterocycles. The van der Waals surface area contributed by atoms with E-state index in [1.165, 1.54) is 23.5 Å². The van der Waals surface area contributed by atoms with E-state index >= 15 is 0 Å². The summed E-state index contributed by atoms with van der Waals surface area (Å²) in [5.41, 5.74) is 1.66. The molecule has 0 bridgehead atoms. The summed E-state index contributed by atoms with van der Waals surface area (Å²) in [6.07, 6.45) is 4.50. The molecule has 0 spiro atoms. The third-order valence-electron chi connectivity index (χ3n) is 3.38. The first-order valence-electron chi connectivity index (χ1n) is 7.46. The number of hydrogen-bond acceptors (Lipinski definition) is 5. The molecule has 124 valence electrons. The van der Waals surface area contributed by atoms with E-state index in [9.17, 15) is 9.59 Å². The highest BCUT2D eigenvalue weighted by atomic mass is 32.1. The second-order valence-corrected chi connectivity index (χ2v) is 6.52. The van der Waals surface area contributed by atoms with Gasteiger partial charge in [-0.05, 0) is 32.9 Å². The molecule has 0 aliphatic heterocycles. The molecule has 24 heavy (non-hydrogen) atoms. The van der Waals surface area contributed by atoms with Crippen molar-refractivity contribution in [3.63, 3.8) is 0 Å². The molecule has 3 heterocycles. The van der Waals surface area contributed by atoms with Gasteiger partial charge in [-0.25, -0.2) is 9.67 Å². The zero-order valence-electron chi connectivity index (χ0n) is 13.5. The molecule has 0 fully saturated rings. The predicted molar refractivity (Wildman–Crippen MR) is 95.3 cm³/mol. The van der Waals surface area contributed by atoms with Crippen LogP contribution in [0.5, 0.6) is 0 Å². The highest BCUT2D eigenvalue weighted by Crippen LogP contribution is 2.16. The lowest BCUT2D eigenvalue weighted by atomic mass is 10.2. The van der Waals surface area contributed by atoms with E-state index in [2.05, 4.69) is 20.4 Å². The van der Waals surface area contributed by atoms with E-state index in [1.807, 2.05) is 26.2 Å². The van der Waals surface area contributed by atoms with Crippen LogP contribution in [-0.4, -0.2) is 25.7 Å². The molecule has 3 rings (SSSR count).